The van der Waals surface area contributed by atoms with Gasteiger partial charge < -0.3 is 9.88 Å². The molecule has 1 amide bonds. The van der Waals surface area contributed by atoms with E-state index in [1.807, 2.05) is 42.8 Å². The maximum absolute atomic E-state index is 12.3. The smallest absolute Gasteiger partial charge is 0.238 e. The van der Waals surface area contributed by atoms with E-state index in [4.69, 9.17) is 5.26 Å². The maximum atomic E-state index is 12.3. The summed E-state index contributed by atoms with van der Waals surface area (Å²) in [6.07, 6.45) is 0. The minimum absolute atomic E-state index is 0.138. The van der Waals surface area contributed by atoms with Crippen LogP contribution < -0.4 is 5.32 Å². The number of rotatable bonds is 4. The number of thiophene rings is 1. The number of amides is 1. The number of aryl methyl sites for hydroxylation is 1. The molecule has 0 radical (unpaired) electrons. The van der Waals surface area contributed by atoms with Gasteiger partial charge in [-0.05, 0) is 30.5 Å². The van der Waals surface area contributed by atoms with Crippen molar-refractivity contribution in [3.05, 3.63) is 41.3 Å². The molecule has 3 aromatic rings. The van der Waals surface area contributed by atoms with E-state index in [2.05, 4.69) is 16.4 Å². The Kier molecular flexibility index (Phi) is 4.37. The van der Waals surface area contributed by atoms with Gasteiger partial charge in [-0.15, -0.1) is 11.3 Å². The largest absolute Gasteiger partial charge is 0.322 e. The molecule has 3 rings (SSSR count). The number of nitrogens with zero attached hydrogens (tertiary/aromatic N) is 3. The molecule has 23 heavy (non-hydrogen) atoms. The molecule has 5 nitrogen and oxygen atoms in total. The van der Waals surface area contributed by atoms with Crippen LogP contribution in [-0.2, 0) is 11.8 Å². The van der Waals surface area contributed by atoms with E-state index in [9.17, 15) is 4.79 Å². The monoisotopic (exact) mass is 342 g/mol. The summed E-state index contributed by atoms with van der Waals surface area (Å²) in [4.78, 5) is 16.9. The molecule has 0 spiro atoms. The Morgan fingerprint density at radius 1 is 1.43 bits per heavy atom. The van der Waals surface area contributed by atoms with Crippen LogP contribution in [0.4, 0.5) is 5.00 Å². The van der Waals surface area contributed by atoms with Crippen LogP contribution in [0.25, 0.3) is 11.0 Å². The number of carbonyl (C=O) groups excluding carboxylic acids is 1. The molecule has 7 heteroatoms. The Morgan fingerprint density at radius 3 is 2.96 bits per heavy atom. The number of nitriles is 1. The van der Waals surface area contributed by atoms with Crippen molar-refractivity contribution in [1.82, 2.24) is 9.55 Å². The number of hydrogen-bond donors (Lipinski definition) is 1. The summed E-state index contributed by atoms with van der Waals surface area (Å²) in [5.41, 5.74) is 2.44. The molecule has 1 aromatic carbocycles. The molecule has 1 atom stereocenters. The van der Waals surface area contributed by atoms with E-state index in [1.165, 1.54) is 23.1 Å². The van der Waals surface area contributed by atoms with E-state index >= 15 is 0 Å². The normalized spacial score (nSPS) is 12.0. The second-order valence-corrected chi connectivity index (χ2v) is 7.19. The third-order valence-electron chi connectivity index (χ3n) is 3.42. The van der Waals surface area contributed by atoms with Crippen LogP contribution in [0.3, 0.4) is 0 Å². The third-order valence-corrected chi connectivity index (χ3v) is 5.39. The van der Waals surface area contributed by atoms with Gasteiger partial charge in [0.05, 0.1) is 21.8 Å². The fraction of sp³-hybridized carbons (Fsp3) is 0.188. The summed E-state index contributed by atoms with van der Waals surface area (Å²) in [5, 5.41) is 14.7. The molecule has 116 valence electrons. The third kappa shape index (κ3) is 3.09. The van der Waals surface area contributed by atoms with Crippen molar-refractivity contribution in [2.24, 2.45) is 7.05 Å². The van der Waals surface area contributed by atoms with Crippen LogP contribution >= 0.6 is 23.1 Å². The van der Waals surface area contributed by atoms with Gasteiger partial charge in [-0.2, -0.15) is 5.26 Å². The highest BCUT2D eigenvalue weighted by Crippen LogP contribution is 2.28. The van der Waals surface area contributed by atoms with E-state index in [0.29, 0.717) is 10.6 Å². The van der Waals surface area contributed by atoms with Gasteiger partial charge in [0.25, 0.3) is 0 Å². The molecule has 0 saturated carbocycles. The number of benzene rings is 1. The number of para-hydroxylation sites is 2. The molecule has 0 saturated heterocycles. The molecule has 2 aromatic heterocycles. The quantitative estimate of drug-likeness (QED) is 0.735. The van der Waals surface area contributed by atoms with E-state index in [-0.39, 0.29) is 11.2 Å². The van der Waals surface area contributed by atoms with Gasteiger partial charge in [-0.3, -0.25) is 4.79 Å². The molecular formula is C16H14N4OS2. The number of imidazole rings is 1. The fourth-order valence-electron chi connectivity index (χ4n) is 2.15. The number of carbonyl (C=O) groups is 1. The van der Waals surface area contributed by atoms with Gasteiger partial charge in [-0.1, -0.05) is 23.9 Å². The van der Waals surface area contributed by atoms with Gasteiger partial charge >= 0.3 is 0 Å². The summed E-state index contributed by atoms with van der Waals surface area (Å²) in [6, 6.07) is 11.6. The predicted octanol–water partition coefficient (Wildman–Crippen LogP) is 3.63. The van der Waals surface area contributed by atoms with E-state index in [0.717, 1.165) is 16.2 Å². The van der Waals surface area contributed by atoms with Gasteiger partial charge in [-0.25, -0.2) is 4.98 Å². The number of hydrogen-bond acceptors (Lipinski definition) is 5. The van der Waals surface area contributed by atoms with Crippen molar-refractivity contribution in [1.29, 1.82) is 5.26 Å². The second kappa shape index (κ2) is 6.44. The summed E-state index contributed by atoms with van der Waals surface area (Å²) in [6.45, 7) is 1.83. The lowest BCUT2D eigenvalue weighted by molar-refractivity contribution is -0.115. The zero-order chi connectivity index (χ0) is 16.4. The molecule has 0 aliphatic heterocycles. The van der Waals surface area contributed by atoms with Crippen LogP contribution in [0.2, 0.25) is 0 Å². The van der Waals surface area contributed by atoms with Crippen molar-refractivity contribution < 1.29 is 4.79 Å². The van der Waals surface area contributed by atoms with Gasteiger partial charge in [0.2, 0.25) is 5.91 Å². The SMILES string of the molecule is C[C@@H](Sc1nc2ccccc2n1C)C(=O)Nc1sccc1C#N. The standard InChI is InChI=1S/C16H14N4OS2/c1-10(14(21)19-15-11(9-17)7-8-22-15)23-16-18-12-5-3-4-6-13(12)20(16)2/h3-8,10H,1-2H3,(H,19,21)/t10-/m1/s1. The lowest BCUT2D eigenvalue weighted by atomic mass is 10.3. The Labute approximate surface area is 142 Å². The first-order chi connectivity index (χ1) is 11.1. The summed E-state index contributed by atoms with van der Waals surface area (Å²) in [5.74, 6) is -0.138. The molecular weight excluding hydrogens is 328 g/mol. The Balaban J connectivity index is 1.75. The highest BCUT2D eigenvalue weighted by atomic mass is 32.2. The summed E-state index contributed by atoms with van der Waals surface area (Å²) < 4.78 is 1.98. The topological polar surface area (TPSA) is 70.7 Å². The number of aromatic nitrogens is 2. The molecule has 0 fully saturated rings. The van der Waals surface area contributed by atoms with E-state index < -0.39 is 0 Å². The van der Waals surface area contributed by atoms with Crippen LogP contribution in [0.15, 0.2) is 40.9 Å². The molecule has 0 aliphatic carbocycles. The van der Waals surface area contributed by atoms with Crippen molar-refractivity contribution in [3.63, 3.8) is 0 Å². The second-order valence-electron chi connectivity index (χ2n) is 4.97. The van der Waals surface area contributed by atoms with Crippen molar-refractivity contribution >= 4 is 45.0 Å². The zero-order valence-electron chi connectivity index (χ0n) is 12.6. The highest BCUT2D eigenvalue weighted by Gasteiger charge is 2.19. The number of anilines is 1. The Bertz CT molecular complexity index is 906. The average Bonchev–Trinajstić information content (AvgIpc) is 3.12. The first kappa shape index (κ1) is 15.6. The summed E-state index contributed by atoms with van der Waals surface area (Å²) >= 11 is 2.75. The first-order valence-corrected chi connectivity index (χ1v) is 8.72. The van der Waals surface area contributed by atoms with Crippen LogP contribution in [0.5, 0.6) is 0 Å². The fourth-order valence-corrected chi connectivity index (χ4v) is 3.78. The van der Waals surface area contributed by atoms with Crippen molar-refractivity contribution in [2.75, 3.05) is 5.32 Å². The lowest BCUT2D eigenvalue weighted by Crippen LogP contribution is -2.22. The predicted molar refractivity (Wildman–Crippen MR) is 93.7 cm³/mol. The van der Waals surface area contributed by atoms with Gasteiger partial charge in [0.1, 0.15) is 11.1 Å². The molecule has 0 aliphatic rings. The average molecular weight is 342 g/mol. The summed E-state index contributed by atoms with van der Waals surface area (Å²) in [7, 11) is 1.94. The molecule has 2 heterocycles. The van der Waals surface area contributed by atoms with Crippen LogP contribution in [-0.4, -0.2) is 20.7 Å². The number of fused-ring (bicyclic) bond motifs is 1. The Morgan fingerprint density at radius 2 is 2.22 bits per heavy atom. The zero-order valence-corrected chi connectivity index (χ0v) is 14.2. The van der Waals surface area contributed by atoms with E-state index in [1.54, 1.807) is 11.4 Å². The Hall–Kier alpha value is -2.30. The maximum Gasteiger partial charge on any atom is 0.238 e. The molecule has 1 N–H and O–H groups in total. The minimum Gasteiger partial charge on any atom is -0.322 e. The van der Waals surface area contributed by atoms with Crippen LogP contribution in [0.1, 0.15) is 12.5 Å². The minimum atomic E-state index is -0.320. The van der Waals surface area contributed by atoms with Gasteiger partial charge in [0.15, 0.2) is 5.16 Å². The van der Waals surface area contributed by atoms with Crippen molar-refractivity contribution in [3.8, 4) is 6.07 Å². The number of thioether (sulfide) groups is 1. The molecule has 0 unspecified atom stereocenters. The highest BCUT2D eigenvalue weighted by molar-refractivity contribution is 8.00. The lowest BCUT2D eigenvalue weighted by Gasteiger charge is -2.11. The van der Waals surface area contributed by atoms with Gasteiger partial charge in [0, 0.05) is 7.05 Å². The first-order valence-electron chi connectivity index (χ1n) is 6.96. The van der Waals surface area contributed by atoms with Crippen molar-refractivity contribution in [2.45, 2.75) is 17.3 Å². The number of nitrogens with one attached hydrogen (secondary N) is 1. The molecule has 0 bridgehead atoms. The van der Waals surface area contributed by atoms with Crippen LogP contribution in [0, 0.1) is 11.3 Å².